The molecule has 0 bridgehead atoms. The average molecular weight is 584 g/mol. The summed E-state index contributed by atoms with van der Waals surface area (Å²) >= 11 is 1.52. The largest absolute Gasteiger partial charge is 0.495 e. The molecule has 1 saturated heterocycles. The first kappa shape index (κ1) is 31.2. The van der Waals surface area contributed by atoms with Crippen LogP contribution < -0.4 is 30.7 Å². The summed E-state index contributed by atoms with van der Waals surface area (Å²) in [5, 5.41) is 12.6. The fourth-order valence-electron chi connectivity index (χ4n) is 4.63. The van der Waals surface area contributed by atoms with Gasteiger partial charge in [0.25, 0.3) is 0 Å². The van der Waals surface area contributed by atoms with Crippen molar-refractivity contribution in [3.63, 3.8) is 0 Å². The molecule has 0 radical (unpaired) electrons. The monoisotopic (exact) mass is 583 g/mol. The number of thiophene rings is 1. The van der Waals surface area contributed by atoms with Crippen molar-refractivity contribution in [3.8, 4) is 11.5 Å². The molecule has 11 nitrogen and oxygen atoms in total. The van der Waals surface area contributed by atoms with Crippen LogP contribution in [0.5, 0.6) is 11.5 Å². The second-order valence-electron chi connectivity index (χ2n) is 9.49. The number of nitrogens with zero attached hydrogens (tertiary/aromatic N) is 1. The van der Waals surface area contributed by atoms with E-state index in [2.05, 4.69) is 21.3 Å². The van der Waals surface area contributed by atoms with Gasteiger partial charge in [0.2, 0.25) is 12.8 Å². The molecule has 2 aliphatic heterocycles. The highest BCUT2D eigenvalue weighted by Crippen LogP contribution is 2.41. The molecule has 3 heterocycles. The quantitative estimate of drug-likeness (QED) is 0.333. The summed E-state index contributed by atoms with van der Waals surface area (Å²) in [5.74, 6) is 1.63. The molecular formula is C29H37N5O6S. The number of piperidine rings is 1. The third kappa shape index (κ3) is 7.46. The van der Waals surface area contributed by atoms with E-state index in [-0.39, 0.29) is 11.8 Å². The van der Waals surface area contributed by atoms with E-state index in [9.17, 15) is 14.4 Å². The molecule has 1 fully saturated rings. The van der Waals surface area contributed by atoms with Crippen molar-refractivity contribution in [1.82, 2.24) is 15.5 Å². The summed E-state index contributed by atoms with van der Waals surface area (Å²) in [6.07, 6.45) is 3.32. The van der Waals surface area contributed by atoms with E-state index in [0.717, 1.165) is 38.5 Å². The van der Waals surface area contributed by atoms with Crippen LogP contribution >= 0.6 is 11.3 Å². The standard InChI is InChI=1S/C15H18N2O3.C12H14N2O2S.C2H5NO/c1-16-11-2-3-14-12(8-11)13(19)9-15(20-14)4-6-17(10-18)7-5-15;1-7-8-5-4-6-9(16-3)10(8)17-11(7)14-12(15)13-2;1-3-2-4/h2-3,8,10,16H,4-7,9H2,1H3;4-6H,1-3H3,(H2,13,14,15);2H,1H3,(H,3,4). The number of hydrogen-bond acceptors (Lipinski definition) is 8. The molecule has 1 aromatic heterocycles. The number of urea groups is 1. The van der Waals surface area contributed by atoms with Gasteiger partial charge in [0, 0.05) is 58.1 Å². The van der Waals surface area contributed by atoms with Gasteiger partial charge in [-0.3, -0.25) is 19.7 Å². The molecule has 0 saturated carbocycles. The van der Waals surface area contributed by atoms with Crippen molar-refractivity contribution < 1.29 is 28.7 Å². The highest BCUT2D eigenvalue weighted by molar-refractivity contribution is 7.23. The van der Waals surface area contributed by atoms with Crippen LogP contribution in [0, 0.1) is 6.92 Å². The Labute approximate surface area is 243 Å². The van der Waals surface area contributed by atoms with Crippen LogP contribution in [0.1, 0.15) is 35.2 Å². The minimum Gasteiger partial charge on any atom is -0.495 e. The number of carbonyl (C=O) groups is 4. The molecule has 4 N–H and O–H groups in total. The van der Waals surface area contributed by atoms with Crippen LogP contribution in [0.25, 0.3) is 10.1 Å². The van der Waals surface area contributed by atoms with Gasteiger partial charge in [0.15, 0.2) is 5.78 Å². The lowest BCUT2D eigenvalue weighted by molar-refractivity contribution is -0.121. The number of anilines is 2. The second-order valence-corrected chi connectivity index (χ2v) is 10.5. The van der Waals surface area contributed by atoms with E-state index in [1.54, 1.807) is 26.1 Å². The number of nitrogens with one attached hydrogen (secondary N) is 4. The summed E-state index contributed by atoms with van der Waals surface area (Å²) in [5.41, 5.74) is 2.20. The van der Waals surface area contributed by atoms with Crippen LogP contribution in [0.3, 0.4) is 0 Å². The van der Waals surface area contributed by atoms with Gasteiger partial charge in [-0.05, 0) is 36.8 Å². The van der Waals surface area contributed by atoms with Gasteiger partial charge in [-0.25, -0.2) is 4.79 Å². The molecule has 2 aromatic carbocycles. The Morgan fingerprint density at radius 2 is 1.83 bits per heavy atom. The zero-order chi connectivity index (χ0) is 30.0. The average Bonchev–Trinajstić information content (AvgIpc) is 3.32. The molecule has 0 unspecified atom stereocenters. The van der Waals surface area contributed by atoms with Crippen LogP contribution in [0.15, 0.2) is 36.4 Å². The first-order valence-corrected chi connectivity index (χ1v) is 14.0. The van der Waals surface area contributed by atoms with E-state index in [1.165, 1.54) is 11.3 Å². The molecule has 220 valence electrons. The predicted octanol–water partition coefficient (Wildman–Crippen LogP) is 4.02. The zero-order valence-electron chi connectivity index (χ0n) is 24.0. The number of aryl methyl sites for hydroxylation is 1. The van der Waals surface area contributed by atoms with Gasteiger partial charge in [-0.15, -0.1) is 11.3 Å². The summed E-state index contributed by atoms with van der Waals surface area (Å²) in [6.45, 7) is 3.30. The predicted molar refractivity (Wildman–Crippen MR) is 161 cm³/mol. The number of ketones is 1. The van der Waals surface area contributed by atoms with Gasteiger partial charge in [0.05, 0.1) is 23.8 Å². The number of benzene rings is 2. The number of carbonyl (C=O) groups excluding carboxylic acids is 4. The molecule has 0 atom stereocenters. The number of rotatable bonds is 5. The highest BCUT2D eigenvalue weighted by Gasteiger charge is 2.42. The zero-order valence-corrected chi connectivity index (χ0v) is 24.8. The highest BCUT2D eigenvalue weighted by atomic mass is 32.1. The third-order valence-electron chi connectivity index (χ3n) is 6.96. The Morgan fingerprint density at radius 1 is 1.12 bits per heavy atom. The number of amides is 4. The van der Waals surface area contributed by atoms with E-state index in [4.69, 9.17) is 14.3 Å². The number of Topliss-reactive ketones (excluding diaryl/α,β-unsaturated/α-hetero) is 1. The van der Waals surface area contributed by atoms with Crippen LogP contribution in [-0.2, 0) is 9.59 Å². The van der Waals surface area contributed by atoms with Crippen LogP contribution in [0.2, 0.25) is 0 Å². The number of hydrogen-bond donors (Lipinski definition) is 4. The minimum absolute atomic E-state index is 0.128. The maximum atomic E-state index is 12.4. The van der Waals surface area contributed by atoms with Gasteiger partial charge >= 0.3 is 6.03 Å². The minimum atomic E-state index is -0.426. The number of methoxy groups -OCH3 is 1. The third-order valence-corrected chi connectivity index (χ3v) is 8.19. The number of likely N-dealkylation sites (tertiary alicyclic amines) is 1. The maximum Gasteiger partial charge on any atom is 0.319 e. The normalized spacial score (nSPS) is 14.7. The first-order chi connectivity index (χ1) is 19.7. The van der Waals surface area contributed by atoms with Crippen molar-refractivity contribution in [2.75, 3.05) is 52.0 Å². The van der Waals surface area contributed by atoms with Crippen molar-refractivity contribution in [2.24, 2.45) is 0 Å². The Bertz CT molecular complexity index is 1380. The first-order valence-electron chi connectivity index (χ1n) is 13.1. The fourth-order valence-corrected chi connectivity index (χ4v) is 5.82. The van der Waals surface area contributed by atoms with E-state index in [0.29, 0.717) is 50.1 Å². The van der Waals surface area contributed by atoms with Crippen LogP contribution in [0.4, 0.5) is 15.5 Å². The fraction of sp³-hybridized carbons (Fsp3) is 0.379. The summed E-state index contributed by atoms with van der Waals surface area (Å²) < 4.78 is 12.5. The second kappa shape index (κ2) is 14.4. The SMILES string of the molecule is CNC(=O)Nc1sc2c(OC)cccc2c1C.CNC=O.CNc1ccc2c(c1)C(=O)CC1(CCN(C=O)CC1)O2. The number of fused-ring (bicyclic) bond motifs is 2. The van der Waals surface area contributed by atoms with Crippen molar-refractivity contribution in [1.29, 1.82) is 0 Å². The van der Waals surface area contributed by atoms with Crippen molar-refractivity contribution >= 4 is 56.7 Å². The molecule has 12 heteroatoms. The Balaban J connectivity index is 0.000000202. The van der Waals surface area contributed by atoms with E-state index in [1.807, 2.05) is 50.4 Å². The van der Waals surface area contributed by atoms with E-state index < -0.39 is 5.60 Å². The Kier molecular flexibility index (Phi) is 10.9. The summed E-state index contributed by atoms with van der Waals surface area (Å²) in [4.78, 5) is 45.3. The molecule has 4 amide bonds. The topological polar surface area (TPSA) is 138 Å². The molecule has 0 aliphatic carbocycles. The van der Waals surface area contributed by atoms with Gasteiger partial charge in [-0.2, -0.15) is 0 Å². The molecule has 1 spiro atoms. The molecular weight excluding hydrogens is 546 g/mol. The Morgan fingerprint density at radius 3 is 2.41 bits per heavy atom. The Hall–Kier alpha value is -4.32. The summed E-state index contributed by atoms with van der Waals surface area (Å²) in [6, 6.07) is 11.3. The molecule has 3 aromatic rings. The lowest BCUT2D eigenvalue weighted by atomic mass is 9.82. The lowest BCUT2D eigenvalue weighted by Gasteiger charge is -2.43. The molecule has 2 aliphatic rings. The van der Waals surface area contributed by atoms with Crippen molar-refractivity contribution in [2.45, 2.75) is 31.8 Å². The number of ether oxygens (including phenoxy) is 2. The summed E-state index contributed by atoms with van der Waals surface area (Å²) in [7, 11) is 6.63. The molecule has 41 heavy (non-hydrogen) atoms. The maximum absolute atomic E-state index is 12.4. The molecule has 5 rings (SSSR count). The van der Waals surface area contributed by atoms with E-state index >= 15 is 0 Å². The van der Waals surface area contributed by atoms with Crippen molar-refractivity contribution in [3.05, 3.63) is 47.5 Å². The van der Waals surface area contributed by atoms with Gasteiger partial charge in [0.1, 0.15) is 22.1 Å². The van der Waals surface area contributed by atoms with Gasteiger partial charge < -0.3 is 30.3 Å². The smallest absolute Gasteiger partial charge is 0.319 e. The van der Waals surface area contributed by atoms with Crippen LogP contribution in [-0.4, -0.2) is 76.5 Å². The van der Waals surface area contributed by atoms with Gasteiger partial charge in [-0.1, -0.05) is 12.1 Å². The lowest BCUT2D eigenvalue weighted by Crippen LogP contribution is -2.50.